The molecule has 0 aromatic heterocycles. The van der Waals surface area contributed by atoms with Crippen LogP contribution in [0.1, 0.15) is 72.4 Å². The first-order valence-corrected chi connectivity index (χ1v) is 12.1. The van der Waals surface area contributed by atoms with Gasteiger partial charge in [0.2, 0.25) is 0 Å². The highest BCUT2D eigenvalue weighted by Crippen LogP contribution is 2.42. The van der Waals surface area contributed by atoms with Crippen LogP contribution in [0.2, 0.25) is 6.04 Å². The third-order valence-corrected chi connectivity index (χ3v) is 8.35. The summed E-state index contributed by atoms with van der Waals surface area (Å²) in [5.41, 5.74) is 9.67. The molecule has 1 aliphatic rings. The Balaban J connectivity index is 2.18. The Hall–Kier alpha value is -1.08. The van der Waals surface area contributed by atoms with E-state index < -0.39 is 0 Å². The van der Waals surface area contributed by atoms with Gasteiger partial charge < -0.3 is 0 Å². The lowest BCUT2D eigenvalue weighted by atomic mass is 9.89. The molecule has 0 saturated carbocycles. The molecule has 1 aromatic carbocycles. The Kier molecular flexibility index (Phi) is 7.31. The zero-order valence-electron chi connectivity index (χ0n) is 17.6. The Morgan fingerprint density at radius 1 is 0.920 bits per heavy atom. The summed E-state index contributed by atoms with van der Waals surface area (Å²) in [6.07, 6.45) is 4.91. The van der Waals surface area contributed by atoms with Gasteiger partial charge in [0, 0.05) is 0 Å². The van der Waals surface area contributed by atoms with Crippen molar-refractivity contribution in [2.75, 3.05) is 0 Å². The lowest BCUT2D eigenvalue weighted by Crippen LogP contribution is -2.20. The van der Waals surface area contributed by atoms with E-state index >= 15 is 0 Å². The van der Waals surface area contributed by atoms with Crippen LogP contribution in [0, 0.1) is 11.8 Å². The van der Waals surface area contributed by atoms with Crippen molar-refractivity contribution in [2.24, 2.45) is 11.8 Å². The average molecular weight is 355 g/mol. The van der Waals surface area contributed by atoms with E-state index in [4.69, 9.17) is 0 Å². The molecular weight excluding hydrogens is 316 g/mol. The molecule has 25 heavy (non-hydrogen) atoms. The van der Waals surface area contributed by atoms with E-state index in [0.29, 0.717) is 0 Å². The minimum absolute atomic E-state index is 0.220. The third kappa shape index (κ3) is 4.76. The summed E-state index contributed by atoms with van der Waals surface area (Å²) >= 11 is 0. The second-order valence-electron chi connectivity index (χ2n) is 8.13. The van der Waals surface area contributed by atoms with Crippen molar-refractivity contribution >= 4 is 14.7 Å². The largest absolute Gasteiger partial charge is 0.0663 e. The van der Waals surface area contributed by atoms with Crippen LogP contribution < -0.4 is 5.19 Å². The van der Waals surface area contributed by atoms with Gasteiger partial charge in [0.25, 0.3) is 0 Å². The minimum Gasteiger partial charge on any atom is -0.0663 e. The van der Waals surface area contributed by atoms with E-state index in [-0.39, 0.29) is 9.52 Å². The Labute approximate surface area is 158 Å². The first kappa shape index (κ1) is 20.2. The molecule has 0 N–H and O–H groups in total. The highest BCUT2D eigenvalue weighted by atomic mass is 28.2. The van der Waals surface area contributed by atoms with Gasteiger partial charge in [0.05, 0.1) is 9.52 Å². The highest BCUT2D eigenvalue weighted by Gasteiger charge is 2.27. The van der Waals surface area contributed by atoms with Crippen LogP contribution in [0.25, 0.3) is 0 Å². The summed E-state index contributed by atoms with van der Waals surface area (Å²) in [5.74, 6) is 1.54. The zero-order chi connectivity index (χ0) is 18.6. The molecule has 1 heteroatoms. The van der Waals surface area contributed by atoms with E-state index in [1.807, 2.05) is 0 Å². The Morgan fingerprint density at radius 3 is 2.04 bits per heavy atom. The lowest BCUT2D eigenvalue weighted by molar-refractivity contribution is 0.532. The maximum absolute atomic E-state index is 2.50. The smallest absolute Gasteiger partial charge is 0.0556 e. The second kappa shape index (κ2) is 9.03. The first-order chi connectivity index (χ1) is 11.9. The number of aryl methyl sites for hydroxylation is 2. The normalized spacial score (nSPS) is 19.6. The predicted octanol–water partition coefficient (Wildman–Crippen LogP) is 5.74. The van der Waals surface area contributed by atoms with E-state index in [9.17, 15) is 0 Å². The molecule has 0 spiro atoms. The fraction of sp³-hybridized carbons (Fsp3) is 0.583. The fourth-order valence-electron chi connectivity index (χ4n) is 4.23. The molecule has 0 amide bonds. The van der Waals surface area contributed by atoms with Crippen LogP contribution >= 0.6 is 0 Å². The summed E-state index contributed by atoms with van der Waals surface area (Å²) in [7, 11) is -0.220. The summed E-state index contributed by atoms with van der Waals surface area (Å²) < 4.78 is 0. The van der Waals surface area contributed by atoms with Gasteiger partial charge in [-0.15, -0.1) is 0 Å². The Morgan fingerprint density at radius 2 is 1.52 bits per heavy atom. The van der Waals surface area contributed by atoms with Gasteiger partial charge in [-0.3, -0.25) is 0 Å². The first-order valence-electron chi connectivity index (χ1n) is 10.4. The maximum Gasteiger partial charge on any atom is 0.0556 e. The molecular formula is C24H38Si. The highest BCUT2D eigenvalue weighted by molar-refractivity contribution is 6.53. The van der Waals surface area contributed by atoms with Crippen LogP contribution in [-0.2, 0) is 12.8 Å². The number of rotatable bonds is 8. The van der Waals surface area contributed by atoms with Gasteiger partial charge in [0.1, 0.15) is 0 Å². The number of allylic oxidation sites excluding steroid dienone is 4. The molecule has 0 radical (unpaired) electrons. The van der Waals surface area contributed by atoms with Crippen molar-refractivity contribution in [1.82, 2.24) is 0 Å². The van der Waals surface area contributed by atoms with Crippen LogP contribution in [0.5, 0.6) is 0 Å². The molecule has 2 rings (SSSR count). The van der Waals surface area contributed by atoms with Gasteiger partial charge in [-0.05, 0) is 80.2 Å². The third-order valence-electron chi connectivity index (χ3n) is 6.49. The quantitative estimate of drug-likeness (QED) is 0.522. The van der Waals surface area contributed by atoms with E-state index in [1.54, 1.807) is 27.5 Å². The number of hydrogen-bond acceptors (Lipinski definition) is 0. The van der Waals surface area contributed by atoms with Gasteiger partial charge in [-0.1, -0.05) is 68.6 Å². The molecule has 1 aliphatic carbocycles. The molecule has 138 valence electrons. The summed E-state index contributed by atoms with van der Waals surface area (Å²) in [6, 6.07) is 8.80. The molecule has 0 aliphatic heterocycles. The maximum atomic E-state index is 2.50. The van der Waals surface area contributed by atoms with Crippen molar-refractivity contribution in [3.05, 3.63) is 51.6 Å². The predicted molar refractivity (Wildman–Crippen MR) is 117 cm³/mol. The van der Waals surface area contributed by atoms with Crippen LogP contribution in [-0.4, -0.2) is 9.52 Å². The van der Waals surface area contributed by atoms with Crippen molar-refractivity contribution in [1.29, 1.82) is 0 Å². The van der Waals surface area contributed by atoms with Crippen LogP contribution in [0.3, 0.4) is 0 Å². The molecule has 2 atom stereocenters. The monoisotopic (exact) mass is 354 g/mol. The van der Waals surface area contributed by atoms with Crippen molar-refractivity contribution in [3.8, 4) is 0 Å². The van der Waals surface area contributed by atoms with Crippen LogP contribution in [0.4, 0.5) is 0 Å². The molecule has 2 unspecified atom stereocenters. The topological polar surface area (TPSA) is 0 Å². The van der Waals surface area contributed by atoms with Crippen molar-refractivity contribution < 1.29 is 0 Å². The van der Waals surface area contributed by atoms with Gasteiger partial charge in [0.15, 0.2) is 0 Å². The average Bonchev–Trinajstić information content (AvgIpc) is 2.83. The van der Waals surface area contributed by atoms with Gasteiger partial charge in [-0.25, -0.2) is 0 Å². The summed E-state index contributed by atoms with van der Waals surface area (Å²) in [4.78, 5) is 0. The Bertz CT molecular complexity index is 640. The molecule has 0 nitrogen and oxygen atoms in total. The summed E-state index contributed by atoms with van der Waals surface area (Å²) in [5, 5.41) is 1.68. The van der Waals surface area contributed by atoms with E-state index in [1.165, 1.54) is 30.0 Å². The van der Waals surface area contributed by atoms with E-state index in [0.717, 1.165) is 24.7 Å². The second-order valence-corrected chi connectivity index (χ2v) is 10.0. The number of hydrogen-bond donors (Lipinski definition) is 0. The molecule has 1 aromatic rings. The van der Waals surface area contributed by atoms with E-state index in [2.05, 4.69) is 66.7 Å². The molecule has 0 heterocycles. The van der Waals surface area contributed by atoms with Crippen molar-refractivity contribution in [2.45, 2.75) is 80.2 Å². The number of benzene rings is 1. The molecule has 0 bridgehead atoms. The fourth-order valence-corrected chi connectivity index (χ4v) is 6.45. The SMILES string of the molecule is CCc1cc(CC)cc([SiH2]CC2C(C)=C(C)C(C)=C2CC(C)CC)c1. The molecule has 0 fully saturated rings. The van der Waals surface area contributed by atoms with Gasteiger partial charge in [-0.2, -0.15) is 0 Å². The van der Waals surface area contributed by atoms with Gasteiger partial charge >= 0.3 is 0 Å². The zero-order valence-corrected chi connectivity index (χ0v) is 19.0. The van der Waals surface area contributed by atoms with Crippen molar-refractivity contribution in [3.63, 3.8) is 0 Å². The summed E-state index contributed by atoms with van der Waals surface area (Å²) in [6.45, 7) is 16.4. The molecule has 0 saturated heterocycles. The van der Waals surface area contributed by atoms with Crippen LogP contribution in [0.15, 0.2) is 40.5 Å². The standard InChI is InChI=1S/C24H38Si/c1-8-16(4)11-23-18(6)17(5)19(7)24(23)15-25-22-13-20(9-2)12-21(10-3)14-22/h12-14,16,24H,8-11,15,25H2,1-7H3. The lowest BCUT2D eigenvalue weighted by Gasteiger charge is -2.21. The minimum atomic E-state index is -0.220.